The fraction of sp³-hybridized carbons (Fsp3) is 0.526. The van der Waals surface area contributed by atoms with Gasteiger partial charge < -0.3 is 10.6 Å². The number of likely N-dealkylation sites (tertiary alicyclic amines) is 1. The average molecular weight is 383 g/mol. The maximum Gasteiger partial charge on any atom is 0.242 e. The summed E-state index contributed by atoms with van der Waals surface area (Å²) in [6.07, 6.45) is 5.12. The lowest BCUT2D eigenvalue weighted by Gasteiger charge is -2.26. The summed E-state index contributed by atoms with van der Waals surface area (Å²) in [5, 5.41) is 17.6. The van der Waals surface area contributed by atoms with Gasteiger partial charge in [-0.1, -0.05) is 31.0 Å². The van der Waals surface area contributed by atoms with Crippen LogP contribution in [0.3, 0.4) is 0 Å². The number of tetrazole rings is 1. The molecule has 0 saturated carbocycles. The molecule has 2 aliphatic rings. The molecular weight excluding hydrogens is 358 g/mol. The number of anilines is 1. The van der Waals surface area contributed by atoms with Crippen LogP contribution in [0.1, 0.15) is 49.5 Å². The molecule has 9 nitrogen and oxygen atoms in total. The Morgan fingerprint density at radius 2 is 1.96 bits per heavy atom. The minimum absolute atomic E-state index is 0.0382. The summed E-state index contributed by atoms with van der Waals surface area (Å²) in [6, 6.07) is 7.17. The first-order valence-corrected chi connectivity index (χ1v) is 9.84. The minimum atomic E-state index is -0.344. The number of nitrogens with zero attached hydrogens (tertiary/aromatic N) is 5. The van der Waals surface area contributed by atoms with E-state index in [1.807, 2.05) is 24.3 Å². The molecule has 0 bridgehead atoms. The van der Waals surface area contributed by atoms with Crippen LogP contribution in [-0.4, -0.2) is 50.0 Å². The van der Waals surface area contributed by atoms with Crippen LogP contribution in [0.4, 0.5) is 5.69 Å². The van der Waals surface area contributed by atoms with E-state index >= 15 is 0 Å². The number of rotatable bonds is 5. The van der Waals surface area contributed by atoms with E-state index in [1.165, 1.54) is 25.7 Å². The third-order valence-corrected chi connectivity index (χ3v) is 5.30. The second-order valence-electron chi connectivity index (χ2n) is 7.40. The molecule has 2 amide bonds. The second kappa shape index (κ2) is 8.47. The molecule has 2 N–H and O–H groups in total. The molecule has 9 heteroatoms. The highest BCUT2D eigenvalue weighted by Gasteiger charge is 2.26. The van der Waals surface area contributed by atoms with E-state index in [0.717, 1.165) is 24.3 Å². The van der Waals surface area contributed by atoms with Gasteiger partial charge in [0, 0.05) is 5.69 Å². The maximum atomic E-state index is 12.6. The molecule has 28 heavy (non-hydrogen) atoms. The summed E-state index contributed by atoms with van der Waals surface area (Å²) >= 11 is 0. The molecule has 2 aliphatic heterocycles. The van der Waals surface area contributed by atoms with Crippen molar-refractivity contribution in [2.75, 3.05) is 18.4 Å². The Morgan fingerprint density at radius 3 is 2.79 bits per heavy atom. The van der Waals surface area contributed by atoms with Crippen molar-refractivity contribution in [2.24, 2.45) is 0 Å². The lowest BCUT2D eigenvalue weighted by Crippen LogP contribution is -2.37. The predicted molar refractivity (Wildman–Crippen MR) is 102 cm³/mol. The van der Waals surface area contributed by atoms with Crippen LogP contribution in [0.15, 0.2) is 24.3 Å². The van der Waals surface area contributed by atoms with Gasteiger partial charge in [0.2, 0.25) is 11.8 Å². The van der Waals surface area contributed by atoms with Crippen LogP contribution in [0, 0.1) is 0 Å². The van der Waals surface area contributed by atoms with Crippen molar-refractivity contribution in [3.8, 4) is 0 Å². The molecule has 4 rings (SSSR count). The third kappa shape index (κ3) is 4.36. The molecule has 1 aromatic carbocycles. The van der Waals surface area contributed by atoms with E-state index in [2.05, 4.69) is 31.1 Å². The summed E-state index contributed by atoms with van der Waals surface area (Å²) in [7, 11) is 0. The van der Waals surface area contributed by atoms with Crippen LogP contribution >= 0.6 is 0 Å². The first-order chi connectivity index (χ1) is 13.7. The highest BCUT2D eigenvalue weighted by molar-refractivity contribution is 5.95. The van der Waals surface area contributed by atoms with Crippen LogP contribution < -0.4 is 10.6 Å². The van der Waals surface area contributed by atoms with E-state index in [9.17, 15) is 9.59 Å². The number of nitrogens with one attached hydrogen (secondary N) is 2. The number of benzene rings is 1. The van der Waals surface area contributed by atoms with Gasteiger partial charge in [0.15, 0.2) is 5.82 Å². The number of carbonyl (C=O) groups is 2. The first kappa shape index (κ1) is 18.5. The molecule has 1 aromatic heterocycles. The van der Waals surface area contributed by atoms with Crippen molar-refractivity contribution >= 4 is 17.5 Å². The maximum absolute atomic E-state index is 12.6. The molecule has 2 aromatic rings. The Balaban J connectivity index is 1.40. The summed E-state index contributed by atoms with van der Waals surface area (Å²) in [6.45, 7) is 2.76. The van der Waals surface area contributed by atoms with E-state index in [-0.39, 0.29) is 30.8 Å². The van der Waals surface area contributed by atoms with Gasteiger partial charge in [-0.25, -0.2) is 4.68 Å². The van der Waals surface area contributed by atoms with Crippen molar-refractivity contribution in [2.45, 2.75) is 51.2 Å². The molecule has 1 fully saturated rings. The van der Waals surface area contributed by atoms with E-state index in [4.69, 9.17) is 0 Å². The zero-order valence-corrected chi connectivity index (χ0v) is 15.8. The van der Waals surface area contributed by atoms with Gasteiger partial charge >= 0.3 is 0 Å². The van der Waals surface area contributed by atoms with Crippen LogP contribution in [-0.2, 0) is 22.7 Å². The van der Waals surface area contributed by atoms with Gasteiger partial charge in [-0.15, -0.1) is 5.10 Å². The first-order valence-electron chi connectivity index (χ1n) is 9.84. The van der Waals surface area contributed by atoms with Crippen LogP contribution in [0.2, 0.25) is 0 Å². The Labute approximate surface area is 163 Å². The molecule has 148 valence electrons. The highest BCUT2D eigenvalue weighted by atomic mass is 16.2. The number of amides is 2. The monoisotopic (exact) mass is 383 g/mol. The molecule has 1 saturated heterocycles. The Kier molecular flexibility index (Phi) is 5.61. The summed E-state index contributed by atoms with van der Waals surface area (Å²) in [5.74, 6) is 0.381. The zero-order chi connectivity index (χ0) is 19.3. The molecule has 3 heterocycles. The van der Waals surface area contributed by atoms with Gasteiger partial charge in [-0.05, 0) is 48.0 Å². The Hall–Kier alpha value is -2.81. The van der Waals surface area contributed by atoms with Crippen LogP contribution in [0.25, 0.3) is 0 Å². The van der Waals surface area contributed by atoms with Gasteiger partial charge in [0.1, 0.15) is 6.54 Å². The lowest BCUT2D eigenvalue weighted by molar-refractivity contribution is -0.123. The van der Waals surface area contributed by atoms with E-state index < -0.39 is 0 Å². The molecule has 0 spiro atoms. The number of fused-ring (bicyclic) bond motifs is 1. The summed E-state index contributed by atoms with van der Waals surface area (Å²) < 4.78 is 1.55. The van der Waals surface area contributed by atoms with E-state index in [0.29, 0.717) is 12.4 Å². The van der Waals surface area contributed by atoms with Crippen LogP contribution in [0.5, 0.6) is 0 Å². The quantitative estimate of drug-likeness (QED) is 0.805. The van der Waals surface area contributed by atoms with Crippen molar-refractivity contribution in [1.82, 2.24) is 30.4 Å². The zero-order valence-electron chi connectivity index (χ0n) is 15.8. The Bertz CT molecular complexity index is 842. The van der Waals surface area contributed by atoms with Crippen molar-refractivity contribution < 1.29 is 9.59 Å². The fourth-order valence-electron chi connectivity index (χ4n) is 3.87. The molecule has 1 atom stereocenters. The van der Waals surface area contributed by atoms with Crippen molar-refractivity contribution in [3.05, 3.63) is 35.7 Å². The number of carbonyl (C=O) groups excluding carboxylic acids is 2. The number of hydrogen-bond donors (Lipinski definition) is 2. The van der Waals surface area contributed by atoms with Gasteiger partial charge in [0.25, 0.3) is 0 Å². The lowest BCUT2D eigenvalue weighted by atomic mass is 9.97. The smallest absolute Gasteiger partial charge is 0.242 e. The van der Waals surface area contributed by atoms with Crippen molar-refractivity contribution in [3.63, 3.8) is 0 Å². The van der Waals surface area contributed by atoms with Gasteiger partial charge in [-0.2, -0.15) is 0 Å². The highest BCUT2D eigenvalue weighted by Crippen LogP contribution is 2.29. The van der Waals surface area contributed by atoms with Gasteiger partial charge in [0.05, 0.1) is 19.0 Å². The SMILES string of the molecule is O=C1C[C@@H](NC(=O)Cn2nnnc2CN2CCCCCC2)c2ccccc2N1. The molecular formula is C19H25N7O2. The normalized spacial score (nSPS) is 20.1. The summed E-state index contributed by atoms with van der Waals surface area (Å²) in [4.78, 5) is 26.9. The van der Waals surface area contributed by atoms with Crippen molar-refractivity contribution in [1.29, 1.82) is 0 Å². The number of hydrogen-bond acceptors (Lipinski definition) is 6. The number of aromatic nitrogens is 4. The Morgan fingerprint density at radius 1 is 1.18 bits per heavy atom. The molecule has 0 unspecified atom stereocenters. The minimum Gasteiger partial charge on any atom is -0.347 e. The fourth-order valence-corrected chi connectivity index (χ4v) is 3.87. The predicted octanol–water partition coefficient (Wildman–Crippen LogP) is 1.25. The molecule has 0 aliphatic carbocycles. The summed E-state index contributed by atoms with van der Waals surface area (Å²) in [5.41, 5.74) is 1.66. The largest absolute Gasteiger partial charge is 0.347 e. The number of para-hydroxylation sites is 1. The second-order valence-corrected chi connectivity index (χ2v) is 7.40. The third-order valence-electron chi connectivity index (χ3n) is 5.30. The van der Waals surface area contributed by atoms with E-state index in [1.54, 1.807) is 4.68 Å². The van der Waals surface area contributed by atoms with Gasteiger partial charge in [-0.3, -0.25) is 14.5 Å². The molecule has 0 radical (unpaired) electrons. The average Bonchev–Trinajstić information content (AvgIpc) is 2.94. The topological polar surface area (TPSA) is 105 Å². The standard InChI is InChI=1S/C19H25N7O2/c27-18-11-16(14-7-3-4-8-15(14)20-18)21-19(28)13-26-17(22-23-24-26)12-25-9-5-1-2-6-10-25/h3-4,7-8,16H,1-2,5-6,9-13H2,(H,20,27)(H,21,28)/t16-/m1/s1.